The average Bonchev–Trinajstić information content (AvgIpc) is 2.28. The number of nitrogens with one attached hydrogen (secondary N) is 1. The maximum absolute atomic E-state index is 13.3. The van der Waals surface area contributed by atoms with Gasteiger partial charge in [-0.15, -0.1) is 0 Å². The van der Waals surface area contributed by atoms with Gasteiger partial charge in [0.15, 0.2) is 0 Å². The molecule has 0 aliphatic rings. The zero-order valence-electron chi connectivity index (χ0n) is 8.93. The molecule has 3 N–H and O–H groups in total. The van der Waals surface area contributed by atoms with E-state index >= 15 is 0 Å². The van der Waals surface area contributed by atoms with Crippen LogP contribution in [0.25, 0.3) is 0 Å². The summed E-state index contributed by atoms with van der Waals surface area (Å²) in [4.78, 5) is 0. The first-order valence-corrected chi connectivity index (χ1v) is 5.64. The molecule has 0 saturated carbocycles. The van der Waals surface area contributed by atoms with E-state index in [2.05, 4.69) is 21.2 Å². The number of hydrogen-bond donors (Lipinski definition) is 3. The van der Waals surface area contributed by atoms with Crippen LogP contribution in [0.15, 0.2) is 16.6 Å². The maximum atomic E-state index is 13.3. The van der Waals surface area contributed by atoms with Crippen molar-refractivity contribution in [3.8, 4) is 0 Å². The van der Waals surface area contributed by atoms with Crippen molar-refractivity contribution in [2.24, 2.45) is 0 Å². The lowest BCUT2D eigenvalue weighted by molar-refractivity contribution is -0.137. The number of alkyl halides is 3. The Morgan fingerprint density at radius 3 is 2.44 bits per heavy atom. The van der Waals surface area contributed by atoms with E-state index in [9.17, 15) is 17.6 Å². The van der Waals surface area contributed by atoms with Crippen LogP contribution < -0.4 is 5.32 Å². The van der Waals surface area contributed by atoms with Gasteiger partial charge in [0.25, 0.3) is 0 Å². The summed E-state index contributed by atoms with van der Waals surface area (Å²) in [6.45, 7) is -0.748. The molecule has 0 aliphatic carbocycles. The van der Waals surface area contributed by atoms with Crippen LogP contribution in [0.4, 0.5) is 23.2 Å². The SMILES string of the molecule is OCC(O)CNc1cc(C(F)(F)F)cc(F)c1Br. The molecule has 3 nitrogen and oxygen atoms in total. The second-order valence-electron chi connectivity index (χ2n) is 3.53. The van der Waals surface area contributed by atoms with Gasteiger partial charge >= 0.3 is 6.18 Å². The molecule has 1 aromatic carbocycles. The summed E-state index contributed by atoms with van der Waals surface area (Å²) in [6, 6.07) is 1.09. The van der Waals surface area contributed by atoms with Crippen molar-refractivity contribution >= 4 is 21.6 Å². The summed E-state index contributed by atoms with van der Waals surface area (Å²) < 4.78 is 50.4. The minimum Gasteiger partial charge on any atom is -0.394 e. The van der Waals surface area contributed by atoms with Gasteiger partial charge in [0.2, 0.25) is 0 Å². The van der Waals surface area contributed by atoms with Crippen LogP contribution in [-0.4, -0.2) is 29.5 Å². The Hall–Kier alpha value is -0.860. The van der Waals surface area contributed by atoms with Crippen LogP contribution in [0, 0.1) is 5.82 Å². The molecule has 0 aromatic heterocycles. The van der Waals surface area contributed by atoms with E-state index in [1.54, 1.807) is 0 Å². The van der Waals surface area contributed by atoms with Gasteiger partial charge in [-0.3, -0.25) is 0 Å². The van der Waals surface area contributed by atoms with Gasteiger partial charge in [-0.2, -0.15) is 13.2 Å². The molecule has 1 rings (SSSR count). The maximum Gasteiger partial charge on any atom is 0.416 e. The van der Waals surface area contributed by atoms with E-state index in [-0.39, 0.29) is 16.7 Å². The minimum atomic E-state index is -4.66. The summed E-state index contributed by atoms with van der Waals surface area (Å²) >= 11 is 2.80. The Morgan fingerprint density at radius 2 is 1.94 bits per heavy atom. The Labute approximate surface area is 109 Å². The van der Waals surface area contributed by atoms with Crippen LogP contribution in [0.1, 0.15) is 5.56 Å². The second kappa shape index (κ2) is 5.85. The van der Waals surface area contributed by atoms with Gasteiger partial charge in [0.05, 0.1) is 28.4 Å². The topological polar surface area (TPSA) is 52.5 Å². The summed E-state index contributed by atoms with van der Waals surface area (Å²) in [5, 5.41) is 20.0. The van der Waals surface area contributed by atoms with Crippen molar-refractivity contribution in [1.29, 1.82) is 0 Å². The molecule has 102 valence electrons. The van der Waals surface area contributed by atoms with E-state index < -0.39 is 30.3 Å². The van der Waals surface area contributed by atoms with Gasteiger partial charge < -0.3 is 15.5 Å². The number of benzene rings is 1. The standard InChI is InChI=1S/C10H10BrF4NO2/c11-9-7(12)1-5(10(13,14)15)2-8(9)16-3-6(18)4-17/h1-2,6,16-18H,3-4H2. The molecule has 0 heterocycles. The summed E-state index contributed by atoms with van der Waals surface area (Å²) in [5.41, 5.74) is -1.28. The van der Waals surface area contributed by atoms with Crippen molar-refractivity contribution < 1.29 is 27.8 Å². The molecular formula is C10H10BrF4NO2. The summed E-state index contributed by atoms with van der Waals surface area (Å²) in [5.74, 6) is -1.06. The van der Waals surface area contributed by atoms with Crippen LogP contribution in [0.2, 0.25) is 0 Å². The third-order valence-corrected chi connectivity index (χ3v) is 2.90. The number of hydrogen-bond acceptors (Lipinski definition) is 3. The summed E-state index contributed by atoms with van der Waals surface area (Å²) in [6.07, 6.45) is -5.80. The molecule has 18 heavy (non-hydrogen) atoms. The molecule has 1 atom stereocenters. The number of aliphatic hydroxyl groups is 2. The zero-order valence-corrected chi connectivity index (χ0v) is 10.5. The van der Waals surface area contributed by atoms with Crippen LogP contribution >= 0.6 is 15.9 Å². The largest absolute Gasteiger partial charge is 0.416 e. The second-order valence-corrected chi connectivity index (χ2v) is 4.33. The first-order valence-electron chi connectivity index (χ1n) is 4.84. The van der Waals surface area contributed by atoms with Crippen molar-refractivity contribution in [2.75, 3.05) is 18.5 Å². The molecule has 0 bridgehead atoms. The minimum absolute atomic E-state index is 0.144. The van der Waals surface area contributed by atoms with E-state index in [0.29, 0.717) is 6.07 Å². The van der Waals surface area contributed by atoms with E-state index in [1.807, 2.05) is 0 Å². The molecule has 0 radical (unpaired) electrons. The first kappa shape index (κ1) is 15.2. The van der Waals surface area contributed by atoms with Crippen LogP contribution in [0.3, 0.4) is 0 Å². The summed E-state index contributed by atoms with van der Waals surface area (Å²) in [7, 11) is 0. The Balaban J connectivity index is 3.00. The molecule has 0 saturated heterocycles. The highest BCUT2D eigenvalue weighted by Gasteiger charge is 2.32. The number of rotatable bonds is 4. The highest BCUT2D eigenvalue weighted by Crippen LogP contribution is 2.35. The molecule has 1 aromatic rings. The highest BCUT2D eigenvalue weighted by atomic mass is 79.9. The van der Waals surface area contributed by atoms with Crippen LogP contribution in [-0.2, 0) is 6.18 Å². The van der Waals surface area contributed by atoms with Crippen LogP contribution in [0.5, 0.6) is 0 Å². The molecular weight excluding hydrogens is 322 g/mol. The van der Waals surface area contributed by atoms with Gasteiger partial charge in [-0.05, 0) is 28.1 Å². The average molecular weight is 332 g/mol. The normalized spacial score (nSPS) is 13.5. The molecule has 8 heteroatoms. The smallest absolute Gasteiger partial charge is 0.394 e. The lowest BCUT2D eigenvalue weighted by atomic mass is 10.2. The quantitative estimate of drug-likeness (QED) is 0.742. The lowest BCUT2D eigenvalue weighted by Crippen LogP contribution is -2.23. The fourth-order valence-electron chi connectivity index (χ4n) is 1.17. The highest BCUT2D eigenvalue weighted by molar-refractivity contribution is 9.10. The van der Waals surface area contributed by atoms with E-state index in [1.165, 1.54) is 0 Å². The first-order chi connectivity index (χ1) is 8.25. The van der Waals surface area contributed by atoms with Gasteiger partial charge in [-0.1, -0.05) is 0 Å². The third kappa shape index (κ3) is 3.82. The molecule has 0 spiro atoms. The fourth-order valence-corrected chi connectivity index (χ4v) is 1.54. The van der Waals surface area contributed by atoms with Gasteiger partial charge in [-0.25, -0.2) is 4.39 Å². The molecule has 0 aliphatic heterocycles. The third-order valence-electron chi connectivity index (χ3n) is 2.09. The number of halogens is 5. The number of aliphatic hydroxyl groups excluding tert-OH is 2. The van der Waals surface area contributed by atoms with E-state index in [4.69, 9.17) is 10.2 Å². The van der Waals surface area contributed by atoms with E-state index in [0.717, 1.165) is 6.07 Å². The fraction of sp³-hybridized carbons (Fsp3) is 0.400. The van der Waals surface area contributed by atoms with Crippen molar-refractivity contribution in [1.82, 2.24) is 0 Å². The predicted molar refractivity (Wildman–Crippen MR) is 60.7 cm³/mol. The monoisotopic (exact) mass is 331 g/mol. The van der Waals surface area contributed by atoms with Crippen molar-refractivity contribution in [3.05, 3.63) is 28.0 Å². The zero-order chi connectivity index (χ0) is 13.9. The lowest BCUT2D eigenvalue weighted by Gasteiger charge is -2.15. The van der Waals surface area contributed by atoms with Gasteiger partial charge in [0.1, 0.15) is 5.82 Å². The Bertz CT molecular complexity index is 425. The number of anilines is 1. The Morgan fingerprint density at radius 1 is 1.33 bits per heavy atom. The van der Waals surface area contributed by atoms with Gasteiger partial charge in [0, 0.05) is 6.54 Å². The van der Waals surface area contributed by atoms with Crippen molar-refractivity contribution in [2.45, 2.75) is 12.3 Å². The Kier molecular flexibility index (Phi) is 4.94. The van der Waals surface area contributed by atoms with Crippen molar-refractivity contribution in [3.63, 3.8) is 0 Å². The predicted octanol–water partition coefficient (Wildman–Crippen LogP) is 2.37. The molecule has 0 amide bonds. The molecule has 0 fully saturated rings. The molecule has 1 unspecified atom stereocenters.